The van der Waals surface area contributed by atoms with Crippen LogP contribution in [0.5, 0.6) is 0 Å². The fourth-order valence-corrected chi connectivity index (χ4v) is 3.53. The second kappa shape index (κ2) is 8.93. The maximum absolute atomic E-state index is 13.7. The zero-order valence-electron chi connectivity index (χ0n) is 18.0. The smallest absolute Gasteiger partial charge is 0.416 e. The summed E-state index contributed by atoms with van der Waals surface area (Å²) in [7, 11) is 0. The molecule has 2 aromatic carbocycles. The Morgan fingerprint density at radius 2 is 1.85 bits per heavy atom. The van der Waals surface area contributed by atoms with E-state index in [0.717, 1.165) is 17.3 Å². The summed E-state index contributed by atoms with van der Waals surface area (Å²) in [6.07, 6.45) is -3.32. The number of benzene rings is 2. The Hall–Kier alpha value is -3.88. The Balaban J connectivity index is 1.47. The maximum atomic E-state index is 13.7. The first-order valence-corrected chi connectivity index (χ1v) is 10.2. The normalized spacial score (nSPS) is 11.5. The van der Waals surface area contributed by atoms with Crippen LogP contribution in [0.1, 0.15) is 28.2 Å². The number of aryl methyl sites for hydroxylation is 2. The minimum atomic E-state index is -4.58. The molecule has 9 heteroatoms. The fraction of sp³-hybridized carbons (Fsp3) is 0.208. The Morgan fingerprint density at radius 1 is 1.09 bits per heavy atom. The van der Waals surface area contributed by atoms with Crippen molar-refractivity contribution in [3.05, 3.63) is 89.1 Å². The minimum Gasteiger partial charge on any atom is -0.444 e. The number of hydrogen-bond acceptors (Lipinski definition) is 4. The summed E-state index contributed by atoms with van der Waals surface area (Å²) in [5, 5.41) is 6.78. The molecule has 0 radical (unpaired) electrons. The molecule has 0 aliphatic heterocycles. The molecule has 0 fully saturated rings. The lowest BCUT2D eigenvalue weighted by Gasteiger charge is -2.16. The van der Waals surface area contributed by atoms with Crippen molar-refractivity contribution in [2.24, 2.45) is 0 Å². The maximum Gasteiger partial charge on any atom is 0.416 e. The number of oxazole rings is 1. The fourth-order valence-electron chi connectivity index (χ4n) is 3.53. The number of alkyl halides is 3. The van der Waals surface area contributed by atoms with E-state index in [9.17, 15) is 18.0 Å². The molecule has 0 unspecified atom stereocenters. The van der Waals surface area contributed by atoms with Gasteiger partial charge in [-0.1, -0.05) is 24.3 Å². The molecule has 0 saturated heterocycles. The van der Waals surface area contributed by atoms with Gasteiger partial charge in [0.2, 0.25) is 11.8 Å². The van der Waals surface area contributed by atoms with Crippen molar-refractivity contribution >= 4 is 5.91 Å². The van der Waals surface area contributed by atoms with Crippen molar-refractivity contribution < 1.29 is 22.4 Å². The van der Waals surface area contributed by atoms with Gasteiger partial charge in [-0.15, -0.1) is 0 Å². The van der Waals surface area contributed by atoms with E-state index < -0.39 is 17.6 Å². The van der Waals surface area contributed by atoms with E-state index in [1.807, 2.05) is 30.3 Å². The number of halogens is 3. The molecule has 0 atom stereocenters. The van der Waals surface area contributed by atoms with Gasteiger partial charge in [-0.3, -0.25) is 4.79 Å². The van der Waals surface area contributed by atoms with Crippen LogP contribution in [0.2, 0.25) is 0 Å². The highest BCUT2D eigenvalue weighted by atomic mass is 19.4. The first-order valence-electron chi connectivity index (χ1n) is 10.2. The van der Waals surface area contributed by atoms with Crippen molar-refractivity contribution in [1.29, 1.82) is 0 Å². The zero-order valence-corrected chi connectivity index (χ0v) is 18.0. The van der Waals surface area contributed by atoms with Gasteiger partial charge in [-0.2, -0.15) is 18.3 Å². The number of hydrogen-bond donors (Lipinski definition) is 1. The SMILES string of the molecule is Cc1cc(C)n(-c2ccc(CNC(=O)Cc3coc(-c4ccccc4)n3)c(C(F)(F)F)c2)n1. The van der Waals surface area contributed by atoms with Crippen LogP contribution in [-0.4, -0.2) is 20.7 Å². The van der Waals surface area contributed by atoms with Gasteiger partial charge < -0.3 is 9.73 Å². The van der Waals surface area contributed by atoms with E-state index in [1.165, 1.54) is 17.0 Å². The first-order chi connectivity index (χ1) is 15.7. The molecule has 2 heterocycles. The van der Waals surface area contributed by atoms with Gasteiger partial charge in [-0.05, 0) is 49.7 Å². The van der Waals surface area contributed by atoms with Crippen LogP contribution in [0.3, 0.4) is 0 Å². The topological polar surface area (TPSA) is 73.0 Å². The van der Waals surface area contributed by atoms with Gasteiger partial charge >= 0.3 is 6.18 Å². The van der Waals surface area contributed by atoms with Gasteiger partial charge in [0.25, 0.3) is 0 Å². The number of aromatic nitrogens is 3. The summed E-state index contributed by atoms with van der Waals surface area (Å²) in [5.74, 6) is -0.0869. The van der Waals surface area contributed by atoms with Crippen LogP contribution in [0.25, 0.3) is 17.1 Å². The molecular formula is C24H21F3N4O2. The molecule has 0 aliphatic rings. The summed E-state index contributed by atoms with van der Waals surface area (Å²) in [5.41, 5.74) is 2.04. The number of carbonyl (C=O) groups is 1. The van der Waals surface area contributed by atoms with Crippen LogP contribution in [-0.2, 0) is 23.9 Å². The van der Waals surface area contributed by atoms with Gasteiger partial charge in [0.1, 0.15) is 6.26 Å². The lowest BCUT2D eigenvalue weighted by Crippen LogP contribution is -2.26. The van der Waals surface area contributed by atoms with Gasteiger partial charge in [0.05, 0.1) is 29.1 Å². The van der Waals surface area contributed by atoms with Crippen molar-refractivity contribution in [2.45, 2.75) is 33.0 Å². The van der Waals surface area contributed by atoms with Gasteiger partial charge in [0, 0.05) is 17.8 Å². The molecule has 0 aliphatic carbocycles. The minimum absolute atomic E-state index is 0.0359. The molecule has 0 spiro atoms. The summed E-state index contributed by atoms with van der Waals surface area (Å²) < 4.78 is 48.0. The van der Waals surface area contributed by atoms with Crippen LogP contribution < -0.4 is 5.32 Å². The summed E-state index contributed by atoms with van der Waals surface area (Å²) >= 11 is 0. The molecule has 0 bridgehead atoms. The largest absolute Gasteiger partial charge is 0.444 e. The molecule has 2 aromatic heterocycles. The Kier molecular flexibility index (Phi) is 6.04. The third-order valence-corrected chi connectivity index (χ3v) is 5.04. The molecule has 6 nitrogen and oxygen atoms in total. The quantitative estimate of drug-likeness (QED) is 0.444. The predicted octanol–water partition coefficient (Wildman–Crippen LogP) is 5.02. The second-order valence-corrected chi connectivity index (χ2v) is 7.64. The average molecular weight is 454 g/mol. The molecule has 33 heavy (non-hydrogen) atoms. The number of carbonyl (C=O) groups excluding carboxylic acids is 1. The lowest BCUT2D eigenvalue weighted by molar-refractivity contribution is -0.138. The number of rotatable bonds is 6. The first kappa shape index (κ1) is 22.3. The highest BCUT2D eigenvalue weighted by molar-refractivity contribution is 5.78. The Morgan fingerprint density at radius 3 is 2.52 bits per heavy atom. The van der Waals surface area contributed by atoms with Crippen molar-refractivity contribution in [1.82, 2.24) is 20.1 Å². The van der Waals surface area contributed by atoms with E-state index in [0.29, 0.717) is 23.0 Å². The van der Waals surface area contributed by atoms with E-state index >= 15 is 0 Å². The molecule has 0 saturated carbocycles. The number of nitrogens with one attached hydrogen (secondary N) is 1. The Bertz CT molecular complexity index is 1280. The van der Waals surface area contributed by atoms with Crippen molar-refractivity contribution in [3.63, 3.8) is 0 Å². The molecule has 4 aromatic rings. The van der Waals surface area contributed by atoms with Crippen LogP contribution in [0, 0.1) is 13.8 Å². The molecular weight excluding hydrogens is 433 g/mol. The zero-order chi connectivity index (χ0) is 23.6. The van der Waals surface area contributed by atoms with E-state index in [4.69, 9.17) is 4.42 Å². The van der Waals surface area contributed by atoms with Crippen LogP contribution in [0.4, 0.5) is 13.2 Å². The predicted molar refractivity (Wildman–Crippen MR) is 116 cm³/mol. The van der Waals surface area contributed by atoms with Crippen LogP contribution in [0.15, 0.2) is 65.3 Å². The van der Waals surface area contributed by atoms with E-state index in [1.54, 1.807) is 26.0 Å². The molecule has 1 amide bonds. The standard InChI is InChI=1S/C24H21F3N4O2/c1-15-10-16(2)31(30-15)20-9-8-18(21(12-20)24(25,26)27)13-28-22(32)11-19-14-33-23(29-19)17-6-4-3-5-7-17/h3-10,12,14H,11,13H2,1-2H3,(H,28,32). The summed E-state index contributed by atoms with van der Waals surface area (Å²) in [4.78, 5) is 16.6. The summed E-state index contributed by atoms with van der Waals surface area (Å²) in [6, 6.07) is 14.9. The van der Waals surface area contributed by atoms with Gasteiger partial charge in [-0.25, -0.2) is 9.67 Å². The lowest BCUT2D eigenvalue weighted by atomic mass is 10.1. The second-order valence-electron chi connectivity index (χ2n) is 7.64. The van der Waals surface area contributed by atoms with Crippen molar-refractivity contribution in [2.75, 3.05) is 0 Å². The number of amides is 1. The average Bonchev–Trinajstić information content (AvgIpc) is 3.38. The van der Waals surface area contributed by atoms with Crippen LogP contribution >= 0.6 is 0 Å². The highest BCUT2D eigenvalue weighted by Gasteiger charge is 2.34. The summed E-state index contributed by atoms with van der Waals surface area (Å²) in [6.45, 7) is 3.28. The molecule has 170 valence electrons. The van der Waals surface area contributed by atoms with Gasteiger partial charge in [0.15, 0.2) is 0 Å². The van der Waals surface area contributed by atoms with E-state index in [-0.39, 0.29) is 18.5 Å². The Labute approximate surface area is 188 Å². The van der Waals surface area contributed by atoms with Crippen molar-refractivity contribution in [3.8, 4) is 17.1 Å². The third-order valence-electron chi connectivity index (χ3n) is 5.04. The molecule has 4 rings (SSSR count). The van der Waals surface area contributed by atoms with E-state index in [2.05, 4.69) is 15.4 Å². The third kappa shape index (κ3) is 5.14. The monoisotopic (exact) mass is 454 g/mol. The molecule has 1 N–H and O–H groups in total. The number of nitrogens with zero attached hydrogens (tertiary/aromatic N) is 3. The highest BCUT2D eigenvalue weighted by Crippen LogP contribution is 2.33.